The number of aromatic nitrogens is 3. The van der Waals surface area contributed by atoms with Crippen LogP contribution in [-0.4, -0.2) is 14.5 Å². The number of pyridine rings is 3. The third kappa shape index (κ3) is 3.12. The number of nitrogens with zero attached hydrogens (tertiary/aromatic N) is 3. The van der Waals surface area contributed by atoms with Gasteiger partial charge in [-0.3, -0.25) is 19.3 Å². The van der Waals surface area contributed by atoms with Gasteiger partial charge >= 0.3 is 0 Å². The smallest absolute Gasteiger partial charge is 0.255 e. The molecule has 0 aliphatic carbocycles. The van der Waals surface area contributed by atoms with Gasteiger partial charge in [0.2, 0.25) is 0 Å². The first-order chi connectivity index (χ1) is 14.2. The van der Waals surface area contributed by atoms with Crippen molar-refractivity contribution in [2.24, 2.45) is 0 Å². The summed E-state index contributed by atoms with van der Waals surface area (Å²) >= 11 is 0. The van der Waals surface area contributed by atoms with E-state index in [2.05, 4.69) is 15.3 Å². The minimum absolute atomic E-state index is 0.0999. The van der Waals surface area contributed by atoms with Crippen molar-refractivity contribution < 1.29 is 0 Å². The Hall–Kier alpha value is -3.99. The normalized spacial score (nSPS) is 11.1. The van der Waals surface area contributed by atoms with Gasteiger partial charge in [0, 0.05) is 40.1 Å². The van der Waals surface area contributed by atoms with Gasteiger partial charge in [-0.15, -0.1) is 0 Å². The Morgan fingerprint density at radius 3 is 2.48 bits per heavy atom. The van der Waals surface area contributed by atoms with Gasteiger partial charge in [-0.25, -0.2) is 0 Å². The van der Waals surface area contributed by atoms with Crippen LogP contribution in [0.2, 0.25) is 0 Å². The molecule has 0 amide bonds. The van der Waals surface area contributed by atoms with Crippen LogP contribution in [0.15, 0.2) is 90.0 Å². The highest BCUT2D eigenvalue weighted by Crippen LogP contribution is 2.28. The number of para-hydroxylation sites is 1. The van der Waals surface area contributed by atoms with Gasteiger partial charge in [0.05, 0.1) is 22.9 Å². The van der Waals surface area contributed by atoms with Crippen LogP contribution < -0.4 is 10.9 Å². The average Bonchev–Trinajstić information content (AvgIpc) is 2.75. The maximum absolute atomic E-state index is 12.8. The van der Waals surface area contributed by atoms with Crippen molar-refractivity contribution in [3.8, 4) is 5.69 Å². The van der Waals surface area contributed by atoms with Crippen LogP contribution in [0, 0.1) is 6.92 Å². The van der Waals surface area contributed by atoms with Crippen molar-refractivity contribution in [2.75, 3.05) is 5.32 Å². The monoisotopic (exact) mass is 378 g/mol. The molecule has 2 aromatic carbocycles. The predicted molar refractivity (Wildman–Crippen MR) is 117 cm³/mol. The summed E-state index contributed by atoms with van der Waals surface area (Å²) in [5, 5.41) is 5.22. The van der Waals surface area contributed by atoms with E-state index in [-0.39, 0.29) is 5.56 Å². The molecule has 1 N–H and O–H groups in total. The van der Waals surface area contributed by atoms with Crippen molar-refractivity contribution >= 4 is 33.2 Å². The number of nitrogens with one attached hydrogen (secondary N) is 1. The molecule has 0 bridgehead atoms. The number of aryl methyl sites for hydroxylation is 1. The lowest BCUT2D eigenvalue weighted by Gasteiger charge is -2.13. The highest BCUT2D eigenvalue weighted by Gasteiger charge is 2.11. The van der Waals surface area contributed by atoms with E-state index in [4.69, 9.17) is 0 Å². The summed E-state index contributed by atoms with van der Waals surface area (Å²) in [6.07, 6.45) is 3.54. The Kier molecular flexibility index (Phi) is 4.06. The molecule has 0 radical (unpaired) electrons. The molecule has 0 aliphatic heterocycles. The van der Waals surface area contributed by atoms with Gasteiger partial charge < -0.3 is 5.32 Å². The van der Waals surface area contributed by atoms with Crippen LogP contribution in [0.25, 0.3) is 27.5 Å². The van der Waals surface area contributed by atoms with Gasteiger partial charge in [0.25, 0.3) is 5.56 Å². The SMILES string of the molecule is Cc1ccc(-n2c(=O)ccc3cnc4ccc(Nc5ccccc5)cc4c32)cn1. The summed E-state index contributed by atoms with van der Waals surface area (Å²) in [5.74, 6) is 0. The molecule has 5 rings (SSSR count). The standard InChI is InChI=1S/C24H18N4O/c1-16-7-10-20(15-25-16)28-23(29)12-8-17-14-26-22-11-9-19(13-21(22)24(17)28)27-18-5-3-2-4-6-18/h2-15,27H,1H3. The van der Waals surface area contributed by atoms with Crippen molar-refractivity contribution in [1.29, 1.82) is 0 Å². The van der Waals surface area contributed by atoms with Gasteiger partial charge in [-0.1, -0.05) is 18.2 Å². The number of anilines is 2. The summed E-state index contributed by atoms with van der Waals surface area (Å²) in [6, 6.07) is 23.2. The number of hydrogen-bond acceptors (Lipinski definition) is 4. The minimum Gasteiger partial charge on any atom is -0.356 e. The number of rotatable bonds is 3. The zero-order valence-electron chi connectivity index (χ0n) is 15.8. The van der Waals surface area contributed by atoms with Gasteiger partial charge in [0.1, 0.15) is 0 Å². The molecular weight excluding hydrogens is 360 g/mol. The molecule has 0 unspecified atom stereocenters. The first kappa shape index (κ1) is 17.1. The number of fused-ring (bicyclic) bond motifs is 3. The van der Waals surface area contributed by atoms with Crippen molar-refractivity contribution in [3.63, 3.8) is 0 Å². The maximum Gasteiger partial charge on any atom is 0.255 e. The molecule has 140 valence electrons. The lowest BCUT2D eigenvalue weighted by Crippen LogP contribution is -2.18. The third-order valence-electron chi connectivity index (χ3n) is 4.93. The van der Waals surface area contributed by atoms with Gasteiger partial charge in [-0.2, -0.15) is 0 Å². The molecule has 29 heavy (non-hydrogen) atoms. The summed E-state index contributed by atoms with van der Waals surface area (Å²) in [7, 11) is 0. The predicted octanol–water partition coefficient (Wildman–Crippen LogP) is 4.99. The average molecular weight is 378 g/mol. The number of hydrogen-bond donors (Lipinski definition) is 1. The zero-order valence-corrected chi connectivity index (χ0v) is 15.8. The molecule has 0 atom stereocenters. The highest BCUT2D eigenvalue weighted by molar-refractivity contribution is 6.05. The van der Waals surface area contributed by atoms with E-state index in [1.54, 1.807) is 23.0 Å². The van der Waals surface area contributed by atoms with Crippen LogP contribution in [0.3, 0.4) is 0 Å². The molecule has 0 fully saturated rings. The molecule has 3 aromatic heterocycles. The molecule has 5 heteroatoms. The van der Waals surface area contributed by atoms with E-state index >= 15 is 0 Å². The quantitative estimate of drug-likeness (QED) is 0.450. The van der Waals surface area contributed by atoms with E-state index in [9.17, 15) is 4.79 Å². The van der Waals surface area contributed by atoms with Crippen molar-refractivity contribution in [3.05, 3.63) is 101 Å². The lowest BCUT2D eigenvalue weighted by molar-refractivity contribution is 1.02. The van der Waals surface area contributed by atoms with Crippen LogP contribution in [0.5, 0.6) is 0 Å². The zero-order chi connectivity index (χ0) is 19.8. The fourth-order valence-corrected chi connectivity index (χ4v) is 3.53. The lowest BCUT2D eigenvalue weighted by atomic mass is 10.1. The molecule has 0 saturated heterocycles. The van der Waals surface area contributed by atoms with Crippen molar-refractivity contribution in [1.82, 2.24) is 14.5 Å². The molecule has 5 aromatic rings. The van der Waals surface area contributed by atoms with Gasteiger partial charge in [-0.05, 0) is 55.5 Å². The van der Waals surface area contributed by atoms with E-state index in [1.165, 1.54) is 0 Å². The van der Waals surface area contributed by atoms with Crippen molar-refractivity contribution in [2.45, 2.75) is 6.92 Å². The highest BCUT2D eigenvalue weighted by atomic mass is 16.1. The second kappa shape index (κ2) is 6.87. The minimum atomic E-state index is -0.0999. The van der Waals surface area contributed by atoms with Crippen LogP contribution in [-0.2, 0) is 0 Å². The first-order valence-corrected chi connectivity index (χ1v) is 9.39. The molecular formula is C24H18N4O. The number of benzene rings is 2. The molecule has 0 spiro atoms. The van der Waals surface area contributed by atoms with E-state index in [0.717, 1.165) is 44.6 Å². The Labute approximate surface area is 167 Å². The van der Waals surface area contributed by atoms with Crippen LogP contribution >= 0.6 is 0 Å². The summed E-state index contributed by atoms with van der Waals surface area (Å²) in [4.78, 5) is 21.8. The van der Waals surface area contributed by atoms with Crippen LogP contribution in [0.1, 0.15) is 5.69 Å². The molecule has 0 saturated carbocycles. The summed E-state index contributed by atoms with van der Waals surface area (Å²) in [5.41, 5.74) is 5.13. The Morgan fingerprint density at radius 1 is 0.828 bits per heavy atom. The largest absolute Gasteiger partial charge is 0.356 e. The molecule has 0 aliphatic rings. The van der Waals surface area contributed by atoms with E-state index < -0.39 is 0 Å². The fourth-order valence-electron chi connectivity index (χ4n) is 3.53. The fraction of sp³-hybridized carbons (Fsp3) is 0.0417. The van der Waals surface area contributed by atoms with E-state index in [0.29, 0.717) is 0 Å². The Morgan fingerprint density at radius 2 is 1.69 bits per heavy atom. The van der Waals surface area contributed by atoms with Crippen LogP contribution in [0.4, 0.5) is 11.4 Å². The Bertz CT molecular complexity index is 1390. The summed E-state index contributed by atoms with van der Waals surface area (Å²) in [6.45, 7) is 1.93. The second-order valence-corrected chi connectivity index (χ2v) is 6.95. The molecule has 5 nitrogen and oxygen atoms in total. The molecule has 3 heterocycles. The van der Waals surface area contributed by atoms with Gasteiger partial charge in [0.15, 0.2) is 0 Å². The first-order valence-electron chi connectivity index (χ1n) is 9.39. The topological polar surface area (TPSA) is 59.8 Å². The Balaban J connectivity index is 1.78. The third-order valence-corrected chi connectivity index (χ3v) is 4.93. The van der Waals surface area contributed by atoms with E-state index in [1.807, 2.05) is 73.7 Å². The maximum atomic E-state index is 12.8. The summed E-state index contributed by atoms with van der Waals surface area (Å²) < 4.78 is 1.71. The second-order valence-electron chi connectivity index (χ2n) is 6.95.